The lowest BCUT2D eigenvalue weighted by molar-refractivity contribution is 0.107. The number of hydrogen-bond donors (Lipinski definition) is 1. The summed E-state index contributed by atoms with van der Waals surface area (Å²) in [6.45, 7) is 1.64. The van der Waals surface area contributed by atoms with Crippen molar-refractivity contribution >= 4 is 16.6 Å². The Kier molecular flexibility index (Phi) is 3.75. The topological polar surface area (TPSA) is 70.8 Å². The lowest BCUT2D eigenvalue weighted by Gasteiger charge is -2.13. The summed E-state index contributed by atoms with van der Waals surface area (Å²) in [5.41, 5.74) is 1.92. The number of anilines is 1. The highest BCUT2D eigenvalue weighted by Gasteiger charge is 2.15. The molecule has 0 amide bonds. The van der Waals surface area contributed by atoms with E-state index in [0.717, 1.165) is 49.0 Å². The largest absolute Gasteiger partial charge is 0.382 e. The Balaban J connectivity index is 1.79. The third-order valence-corrected chi connectivity index (χ3v) is 3.57. The number of rotatable bonds is 4. The third-order valence-electron chi connectivity index (χ3n) is 3.57. The van der Waals surface area contributed by atoms with E-state index in [0.29, 0.717) is 11.8 Å². The Morgan fingerprint density at radius 2 is 2.25 bits per heavy atom. The number of nitriles is 1. The van der Waals surface area contributed by atoms with Crippen molar-refractivity contribution in [2.45, 2.75) is 25.4 Å². The zero-order chi connectivity index (χ0) is 13.8. The Hall–Kier alpha value is -2.19. The van der Waals surface area contributed by atoms with E-state index >= 15 is 0 Å². The van der Waals surface area contributed by atoms with Crippen LogP contribution in [0.1, 0.15) is 25.0 Å². The summed E-state index contributed by atoms with van der Waals surface area (Å²) in [6, 6.07) is 9.81. The average Bonchev–Trinajstić information content (AvgIpc) is 3.00. The number of hydrogen-bond acceptors (Lipinski definition) is 5. The van der Waals surface area contributed by atoms with Crippen LogP contribution in [0.25, 0.3) is 10.9 Å². The Labute approximate surface area is 117 Å². The summed E-state index contributed by atoms with van der Waals surface area (Å²) in [5, 5.41) is 21.5. The SMILES string of the molecule is N#Cc1nnc2ccccc2c1NCCC1CCCO1. The molecule has 1 atom stereocenters. The van der Waals surface area contributed by atoms with Crippen molar-refractivity contribution in [3.8, 4) is 6.07 Å². The molecular formula is C15H16N4O. The van der Waals surface area contributed by atoms with Gasteiger partial charge in [0, 0.05) is 18.5 Å². The second kappa shape index (κ2) is 5.85. The molecule has 3 rings (SSSR count). The first kappa shape index (κ1) is 12.8. The van der Waals surface area contributed by atoms with Gasteiger partial charge in [0.1, 0.15) is 6.07 Å². The van der Waals surface area contributed by atoms with Gasteiger partial charge in [-0.25, -0.2) is 0 Å². The van der Waals surface area contributed by atoms with Crippen LogP contribution < -0.4 is 5.32 Å². The predicted octanol–water partition coefficient (Wildman–Crippen LogP) is 2.48. The molecule has 2 heterocycles. The van der Waals surface area contributed by atoms with Gasteiger partial charge in [-0.2, -0.15) is 5.26 Å². The zero-order valence-corrected chi connectivity index (χ0v) is 11.2. The van der Waals surface area contributed by atoms with Crippen LogP contribution in [0.2, 0.25) is 0 Å². The molecule has 0 bridgehead atoms. The van der Waals surface area contributed by atoms with E-state index in [2.05, 4.69) is 21.6 Å². The van der Waals surface area contributed by atoms with Gasteiger partial charge in [0.05, 0.1) is 17.3 Å². The molecule has 1 fully saturated rings. The molecule has 1 aromatic carbocycles. The van der Waals surface area contributed by atoms with Crippen molar-refractivity contribution in [3.63, 3.8) is 0 Å². The van der Waals surface area contributed by atoms with Crippen LogP contribution in [-0.2, 0) is 4.74 Å². The second-order valence-corrected chi connectivity index (χ2v) is 4.90. The Morgan fingerprint density at radius 3 is 3.05 bits per heavy atom. The van der Waals surface area contributed by atoms with E-state index in [9.17, 15) is 5.26 Å². The molecule has 0 spiro atoms. The summed E-state index contributed by atoms with van der Waals surface area (Å²) in [4.78, 5) is 0. The monoisotopic (exact) mass is 268 g/mol. The maximum Gasteiger partial charge on any atom is 0.186 e. The molecule has 2 aromatic rings. The molecular weight excluding hydrogens is 252 g/mol. The minimum Gasteiger partial charge on any atom is -0.382 e. The lowest BCUT2D eigenvalue weighted by atomic mass is 10.1. The van der Waals surface area contributed by atoms with Gasteiger partial charge >= 0.3 is 0 Å². The third kappa shape index (κ3) is 2.56. The lowest BCUT2D eigenvalue weighted by Crippen LogP contribution is -2.13. The number of aromatic nitrogens is 2. The summed E-state index contributed by atoms with van der Waals surface area (Å²) < 4.78 is 5.60. The van der Waals surface area contributed by atoms with Crippen LogP contribution >= 0.6 is 0 Å². The van der Waals surface area contributed by atoms with Gasteiger partial charge < -0.3 is 10.1 Å². The quantitative estimate of drug-likeness (QED) is 0.922. The molecule has 1 N–H and O–H groups in total. The maximum absolute atomic E-state index is 9.17. The first-order valence-corrected chi connectivity index (χ1v) is 6.89. The molecule has 1 unspecified atom stereocenters. The second-order valence-electron chi connectivity index (χ2n) is 4.90. The van der Waals surface area contributed by atoms with Crippen molar-refractivity contribution in [1.82, 2.24) is 10.2 Å². The predicted molar refractivity (Wildman–Crippen MR) is 76.3 cm³/mol. The average molecular weight is 268 g/mol. The Morgan fingerprint density at radius 1 is 1.35 bits per heavy atom. The van der Waals surface area contributed by atoms with Crippen LogP contribution in [0.15, 0.2) is 24.3 Å². The molecule has 20 heavy (non-hydrogen) atoms. The van der Waals surface area contributed by atoms with Gasteiger partial charge in [-0.15, -0.1) is 10.2 Å². The van der Waals surface area contributed by atoms with Crippen molar-refractivity contribution in [2.75, 3.05) is 18.5 Å². The van der Waals surface area contributed by atoms with Gasteiger partial charge in [-0.05, 0) is 25.3 Å². The minimum atomic E-state index is 0.342. The van der Waals surface area contributed by atoms with Gasteiger partial charge in [0.15, 0.2) is 5.69 Å². The van der Waals surface area contributed by atoms with Crippen LogP contribution in [0.3, 0.4) is 0 Å². The molecule has 1 aliphatic rings. The van der Waals surface area contributed by atoms with Gasteiger partial charge in [0.2, 0.25) is 0 Å². The summed E-state index contributed by atoms with van der Waals surface area (Å²) in [7, 11) is 0. The highest BCUT2D eigenvalue weighted by molar-refractivity contribution is 5.92. The van der Waals surface area contributed by atoms with Crippen LogP contribution in [0.4, 0.5) is 5.69 Å². The Bertz CT molecular complexity index is 644. The first-order chi connectivity index (χ1) is 9.88. The molecule has 5 heteroatoms. The van der Waals surface area contributed by atoms with E-state index in [1.807, 2.05) is 24.3 Å². The van der Waals surface area contributed by atoms with Crippen molar-refractivity contribution in [1.29, 1.82) is 5.26 Å². The van der Waals surface area contributed by atoms with E-state index in [4.69, 9.17) is 4.74 Å². The van der Waals surface area contributed by atoms with Crippen molar-refractivity contribution in [2.24, 2.45) is 0 Å². The van der Waals surface area contributed by atoms with Crippen molar-refractivity contribution in [3.05, 3.63) is 30.0 Å². The summed E-state index contributed by atoms with van der Waals surface area (Å²) in [6.07, 6.45) is 3.56. The maximum atomic E-state index is 9.17. The summed E-state index contributed by atoms with van der Waals surface area (Å²) in [5.74, 6) is 0. The summed E-state index contributed by atoms with van der Waals surface area (Å²) >= 11 is 0. The molecule has 1 aliphatic heterocycles. The molecule has 102 valence electrons. The first-order valence-electron chi connectivity index (χ1n) is 6.89. The fraction of sp³-hybridized carbons (Fsp3) is 0.400. The minimum absolute atomic E-state index is 0.342. The van der Waals surface area contributed by atoms with E-state index in [-0.39, 0.29) is 0 Å². The highest BCUT2D eigenvalue weighted by Crippen LogP contribution is 2.24. The number of nitrogens with zero attached hydrogens (tertiary/aromatic N) is 3. The van der Waals surface area contributed by atoms with Gasteiger partial charge in [-0.1, -0.05) is 18.2 Å². The van der Waals surface area contributed by atoms with Crippen LogP contribution in [0.5, 0.6) is 0 Å². The van der Waals surface area contributed by atoms with E-state index in [1.165, 1.54) is 0 Å². The van der Waals surface area contributed by atoms with E-state index in [1.54, 1.807) is 0 Å². The molecule has 1 aromatic heterocycles. The fourth-order valence-electron chi connectivity index (χ4n) is 2.54. The van der Waals surface area contributed by atoms with E-state index < -0.39 is 0 Å². The smallest absolute Gasteiger partial charge is 0.186 e. The highest BCUT2D eigenvalue weighted by atomic mass is 16.5. The number of benzene rings is 1. The number of ether oxygens (including phenoxy) is 1. The van der Waals surface area contributed by atoms with Gasteiger partial charge in [-0.3, -0.25) is 0 Å². The molecule has 0 radical (unpaired) electrons. The molecule has 5 nitrogen and oxygen atoms in total. The number of fused-ring (bicyclic) bond motifs is 1. The normalized spacial score (nSPS) is 18.1. The van der Waals surface area contributed by atoms with Crippen molar-refractivity contribution < 1.29 is 4.74 Å². The van der Waals surface area contributed by atoms with Crippen LogP contribution in [0, 0.1) is 11.3 Å². The fourth-order valence-corrected chi connectivity index (χ4v) is 2.54. The molecule has 1 saturated heterocycles. The standard InChI is InChI=1S/C15H16N4O/c16-10-14-15(17-8-7-11-4-3-9-20-11)12-5-1-2-6-13(12)18-19-14/h1-2,5-6,11H,3-4,7-9H2,(H,17,18). The van der Waals surface area contributed by atoms with Gasteiger partial charge in [0.25, 0.3) is 0 Å². The number of nitrogens with one attached hydrogen (secondary N) is 1. The zero-order valence-electron chi connectivity index (χ0n) is 11.2. The van der Waals surface area contributed by atoms with Crippen LogP contribution in [-0.4, -0.2) is 29.5 Å². The molecule has 0 saturated carbocycles. The molecule has 0 aliphatic carbocycles.